The Labute approximate surface area is 180 Å². The van der Waals surface area contributed by atoms with Crippen LogP contribution in [0.3, 0.4) is 0 Å². The molecule has 31 heavy (non-hydrogen) atoms. The number of benzene rings is 3. The number of hydrogen-bond acceptors (Lipinski definition) is 4. The first kappa shape index (κ1) is 19.8. The number of nitrogens with zero attached hydrogens (tertiary/aromatic N) is 1. The van der Waals surface area contributed by atoms with E-state index in [0.29, 0.717) is 19.4 Å². The van der Waals surface area contributed by atoms with E-state index in [1.165, 1.54) is 0 Å². The molecule has 0 bridgehead atoms. The summed E-state index contributed by atoms with van der Waals surface area (Å²) >= 11 is 0. The van der Waals surface area contributed by atoms with Gasteiger partial charge in [-0.1, -0.05) is 30.3 Å². The van der Waals surface area contributed by atoms with E-state index < -0.39 is 10.0 Å². The minimum atomic E-state index is -3.62. The highest BCUT2D eigenvalue weighted by Gasteiger charge is 2.22. The number of hydrogen-bond donors (Lipinski definition) is 1. The summed E-state index contributed by atoms with van der Waals surface area (Å²) in [5, 5.41) is 2.13. The second kappa shape index (κ2) is 7.83. The Balaban J connectivity index is 1.26. The molecular formula is C24H22N2O4S. The Morgan fingerprint density at radius 2 is 1.71 bits per heavy atom. The van der Waals surface area contributed by atoms with Crippen LogP contribution in [-0.2, 0) is 21.2 Å². The molecule has 1 aromatic heterocycles. The zero-order chi connectivity index (χ0) is 21.4. The number of amides is 1. The molecule has 0 atom stereocenters. The highest BCUT2D eigenvalue weighted by molar-refractivity contribution is 7.89. The quantitative estimate of drug-likeness (QED) is 0.492. The van der Waals surface area contributed by atoms with Gasteiger partial charge in [0.1, 0.15) is 11.2 Å². The molecule has 0 spiro atoms. The Morgan fingerprint density at radius 3 is 2.48 bits per heavy atom. The van der Waals surface area contributed by atoms with E-state index in [9.17, 15) is 13.2 Å². The van der Waals surface area contributed by atoms with Gasteiger partial charge in [0.2, 0.25) is 15.9 Å². The van der Waals surface area contributed by atoms with Crippen molar-refractivity contribution in [2.75, 3.05) is 18.0 Å². The van der Waals surface area contributed by atoms with Crippen LogP contribution < -0.4 is 9.62 Å². The van der Waals surface area contributed by atoms with Gasteiger partial charge in [0.25, 0.3) is 0 Å². The van der Waals surface area contributed by atoms with E-state index in [4.69, 9.17) is 4.42 Å². The Morgan fingerprint density at radius 1 is 0.935 bits per heavy atom. The van der Waals surface area contributed by atoms with Gasteiger partial charge in [0, 0.05) is 36.0 Å². The summed E-state index contributed by atoms with van der Waals surface area (Å²) in [6.45, 7) is 0.958. The third kappa shape index (κ3) is 3.82. The van der Waals surface area contributed by atoms with Crippen molar-refractivity contribution >= 4 is 43.6 Å². The zero-order valence-electron chi connectivity index (χ0n) is 16.9. The minimum Gasteiger partial charge on any atom is -0.456 e. The second-order valence-corrected chi connectivity index (χ2v) is 9.49. The lowest BCUT2D eigenvalue weighted by molar-refractivity contribution is -0.117. The summed E-state index contributed by atoms with van der Waals surface area (Å²) in [6, 6.07) is 20.3. The van der Waals surface area contributed by atoms with Crippen LogP contribution in [0.15, 0.2) is 76.0 Å². The molecule has 1 fully saturated rings. The number of nitrogens with one attached hydrogen (secondary N) is 1. The van der Waals surface area contributed by atoms with Gasteiger partial charge in [-0.05, 0) is 54.8 Å². The first-order valence-corrected chi connectivity index (χ1v) is 11.8. The van der Waals surface area contributed by atoms with Gasteiger partial charge in [-0.3, -0.25) is 4.79 Å². The summed E-state index contributed by atoms with van der Waals surface area (Å²) in [6.07, 6.45) is 1.92. The predicted octanol–water partition coefficient (Wildman–Crippen LogP) is 4.23. The second-order valence-electron chi connectivity index (χ2n) is 7.72. The highest BCUT2D eigenvalue weighted by atomic mass is 32.2. The van der Waals surface area contributed by atoms with Crippen LogP contribution in [-0.4, -0.2) is 27.4 Å². The van der Waals surface area contributed by atoms with Gasteiger partial charge in [0.15, 0.2) is 0 Å². The van der Waals surface area contributed by atoms with Crippen LogP contribution in [0.2, 0.25) is 0 Å². The molecule has 1 N–H and O–H groups in total. The minimum absolute atomic E-state index is 0.0788. The lowest BCUT2D eigenvalue weighted by Crippen LogP contribution is -2.26. The number of sulfonamides is 1. The fourth-order valence-corrected chi connectivity index (χ4v) is 5.10. The van der Waals surface area contributed by atoms with E-state index in [0.717, 1.165) is 39.6 Å². The first-order valence-electron chi connectivity index (χ1n) is 10.3. The van der Waals surface area contributed by atoms with E-state index >= 15 is 0 Å². The Hall–Kier alpha value is -3.16. The number of carbonyl (C=O) groups is 1. The molecule has 5 rings (SSSR count). The van der Waals surface area contributed by atoms with Crippen molar-refractivity contribution in [1.82, 2.24) is 4.72 Å². The van der Waals surface area contributed by atoms with Crippen molar-refractivity contribution in [3.63, 3.8) is 0 Å². The highest BCUT2D eigenvalue weighted by Crippen LogP contribution is 2.29. The summed E-state index contributed by atoms with van der Waals surface area (Å²) in [7, 11) is -3.62. The van der Waals surface area contributed by atoms with Crippen LogP contribution in [0.5, 0.6) is 0 Å². The van der Waals surface area contributed by atoms with Gasteiger partial charge in [0.05, 0.1) is 4.90 Å². The fraction of sp³-hybridized carbons (Fsp3) is 0.208. The SMILES string of the molecule is O=C1CCCN1c1ccc(S(=O)(=O)NCCc2ccc3c(c2)oc2ccccc23)cc1. The van der Waals surface area contributed by atoms with Crippen LogP contribution in [0.25, 0.3) is 21.9 Å². The summed E-state index contributed by atoms with van der Waals surface area (Å²) < 4.78 is 33.8. The van der Waals surface area contributed by atoms with Crippen molar-refractivity contribution in [2.45, 2.75) is 24.2 Å². The molecule has 1 amide bonds. The lowest BCUT2D eigenvalue weighted by Gasteiger charge is -2.16. The molecule has 7 heteroatoms. The van der Waals surface area contributed by atoms with Crippen LogP contribution >= 0.6 is 0 Å². The van der Waals surface area contributed by atoms with Crippen molar-refractivity contribution in [2.24, 2.45) is 0 Å². The first-order chi connectivity index (χ1) is 15.0. The third-order valence-electron chi connectivity index (χ3n) is 5.68. The van der Waals surface area contributed by atoms with E-state index in [1.54, 1.807) is 29.2 Å². The standard InChI is InChI=1S/C24H22N2O4S/c27-24-6-3-15-26(24)18-8-10-19(11-9-18)31(28,29)25-14-13-17-7-12-21-20-4-1-2-5-22(20)30-23(21)16-17/h1-2,4-5,7-12,16,25H,3,6,13-15H2. The van der Waals surface area contributed by atoms with Gasteiger partial charge in [-0.25, -0.2) is 13.1 Å². The molecule has 0 saturated carbocycles. The number of para-hydroxylation sites is 1. The zero-order valence-corrected chi connectivity index (χ0v) is 17.7. The average Bonchev–Trinajstić information content (AvgIpc) is 3.36. The number of carbonyl (C=O) groups excluding carboxylic acids is 1. The van der Waals surface area contributed by atoms with E-state index in [1.807, 2.05) is 42.5 Å². The topological polar surface area (TPSA) is 79.6 Å². The van der Waals surface area contributed by atoms with Crippen molar-refractivity contribution in [1.29, 1.82) is 0 Å². The maximum Gasteiger partial charge on any atom is 0.240 e. The van der Waals surface area contributed by atoms with Crippen molar-refractivity contribution in [3.05, 3.63) is 72.3 Å². The predicted molar refractivity (Wildman–Crippen MR) is 121 cm³/mol. The average molecular weight is 435 g/mol. The normalized spacial score (nSPS) is 14.7. The van der Waals surface area contributed by atoms with Gasteiger partial charge in [-0.15, -0.1) is 0 Å². The van der Waals surface area contributed by atoms with Crippen molar-refractivity contribution < 1.29 is 17.6 Å². The van der Waals surface area contributed by atoms with E-state index in [-0.39, 0.29) is 17.3 Å². The molecule has 1 aliphatic rings. The van der Waals surface area contributed by atoms with Gasteiger partial charge < -0.3 is 9.32 Å². The molecule has 0 radical (unpaired) electrons. The number of fused-ring (bicyclic) bond motifs is 3. The smallest absolute Gasteiger partial charge is 0.240 e. The summed E-state index contributed by atoms with van der Waals surface area (Å²) in [5.74, 6) is 0.0788. The van der Waals surface area contributed by atoms with Crippen molar-refractivity contribution in [3.8, 4) is 0 Å². The van der Waals surface area contributed by atoms with Gasteiger partial charge >= 0.3 is 0 Å². The monoisotopic (exact) mass is 434 g/mol. The maximum absolute atomic E-state index is 12.6. The van der Waals surface area contributed by atoms with Crippen LogP contribution in [0, 0.1) is 0 Å². The molecule has 6 nitrogen and oxygen atoms in total. The van der Waals surface area contributed by atoms with Crippen LogP contribution in [0.4, 0.5) is 5.69 Å². The number of anilines is 1. The summed E-state index contributed by atoms with van der Waals surface area (Å²) in [4.78, 5) is 13.7. The number of furan rings is 1. The summed E-state index contributed by atoms with van der Waals surface area (Å²) in [5.41, 5.74) is 3.38. The Bertz CT molecular complexity index is 1370. The largest absolute Gasteiger partial charge is 0.456 e. The lowest BCUT2D eigenvalue weighted by atomic mass is 10.1. The molecule has 158 valence electrons. The molecule has 0 aliphatic carbocycles. The molecule has 1 aliphatic heterocycles. The molecule has 4 aromatic rings. The van der Waals surface area contributed by atoms with E-state index in [2.05, 4.69) is 4.72 Å². The third-order valence-corrected chi connectivity index (χ3v) is 7.16. The Kier molecular flexibility index (Phi) is 5.00. The van der Waals surface area contributed by atoms with Gasteiger partial charge in [-0.2, -0.15) is 0 Å². The fourth-order valence-electron chi connectivity index (χ4n) is 4.07. The molecule has 3 aromatic carbocycles. The van der Waals surface area contributed by atoms with Crippen LogP contribution in [0.1, 0.15) is 18.4 Å². The molecule has 1 saturated heterocycles. The molecule has 2 heterocycles. The molecular weight excluding hydrogens is 412 g/mol. The molecule has 0 unspecified atom stereocenters. The maximum atomic E-state index is 12.6. The number of rotatable bonds is 6.